The molecule has 0 spiro atoms. The van der Waals surface area contributed by atoms with Crippen LogP contribution in [0.2, 0.25) is 0 Å². The van der Waals surface area contributed by atoms with Crippen molar-refractivity contribution in [2.75, 3.05) is 0 Å². The summed E-state index contributed by atoms with van der Waals surface area (Å²) in [6.45, 7) is 0. The van der Waals surface area contributed by atoms with Crippen molar-refractivity contribution >= 4 is 65.7 Å². The van der Waals surface area contributed by atoms with E-state index in [9.17, 15) is 4.79 Å². The van der Waals surface area contributed by atoms with Gasteiger partial charge in [0, 0.05) is 11.1 Å². The Labute approximate surface area is 150 Å². The Morgan fingerprint density at radius 1 is 0.789 bits per heavy atom. The fraction of sp³-hybridized carbons (Fsp3) is 0.0714. The van der Waals surface area contributed by atoms with E-state index in [1.165, 1.54) is 0 Å². The maximum absolute atomic E-state index is 12.1. The Morgan fingerprint density at radius 2 is 1.16 bits per heavy atom. The number of carbonyl (C=O) groups excluding carboxylic acids is 1. The van der Waals surface area contributed by atoms with Crippen LogP contribution in [0.5, 0.6) is 0 Å². The summed E-state index contributed by atoms with van der Waals surface area (Å²) in [7, 11) is 0. The van der Waals surface area contributed by atoms with Crippen LogP contribution in [0.25, 0.3) is 0 Å². The van der Waals surface area contributed by atoms with Crippen molar-refractivity contribution in [3.8, 4) is 0 Å². The zero-order valence-corrected chi connectivity index (χ0v) is 17.7. The van der Waals surface area contributed by atoms with Crippen molar-refractivity contribution in [1.29, 1.82) is 0 Å². The number of rotatable bonds is 0. The van der Waals surface area contributed by atoms with Gasteiger partial charge in [-0.1, -0.05) is 48.5 Å². The first kappa shape index (κ1) is 16.3. The topological polar surface area (TPSA) is 17.1 Å². The van der Waals surface area contributed by atoms with Crippen molar-refractivity contribution in [1.82, 2.24) is 0 Å². The molecule has 2 aromatic carbocycles. The standard InChI is InChI=1S/C14H10O.3HI.V/c15-14-12-7-3-1-5-10(12)9-11-6-2-4-8-13(11)14;;;;/h1-8H,9H2;3*1H;/q;;;;+3/p-3. The molecule has 98 valence electrons. The molecule has 0 unspecified atom stereocenters. The molecule has 5 heteroatoms. The van der Waals surface area contributed by atoms with Crippen LogP contribution in [0, 0.1) is 0 Å². The van der Waals surface area contributed by atoms with E-state index in [1.807, 2.05) is 48.5 Å². The van der Waals surface area contributed by atoms with Crippen molar-refractivity contribution in [2.24, 2.45) is 0 Å². The van der Waals surface area contributed by atoms with E-state index in [2.05, 4.69) is 59.9 Å². The third kappa shape index (κ3) is 4.42. The molecule has 0 aromatic heterocycles. The van der Waals surface area contributed by atoms with E-state index in [1.54, 1.807) is 0 Å². The molecule has 1 aliphatic carbocycles. The third-order valence-corrected chi connectivity index (χ3v) is 2.90. The summed E-state index contributed by atoms with van der Waals surface area (Å²) >= 11 is 7.39. The minimum atomic E-state index is -0.278. The SMILES string of the molecule is O=C1c2ccccc2Cc2ccccc21.[I][V]([I])[I]. The second kappa shape index (κ2) is 7.77. The number of halogens is 3. The summed E-state index contributed by atoms with van der Waals surface area (Å²) in [6.07, 6.45) is 0.873. The molecule has 0 amide bonds. The predicted octanol–water partition coefficient (Wildman–Crippen LogP) is 5.48. The summed E-state index contributed by atoms with van der Waals surface area (Å²) in [5.74, 6) is 0.160. The molecule has 0 saturated heterocycles. The van der Waals surface area contributed by atoms with Gasteiger partial charge in [-0.05, 0) is 17.5 Å². The molecule has 19 heavy (non-hydrogen) atoms. The van der Waals surface area contributed by atoms with Gasteiger partial charge in [0.05, 0.1) is 0 Å². The molecule has 2 aromatic rings. The molecule has 0 fully saturated rings. The average Bonchev–Trinajstić information content (AvgIpc) is 2.38. The van der Waals surface area contributed by atoms with Gasteiger partial charge in [-0.25, -0.2) is 0 Å². The summed E-state index contributed by atoms with van der Waals surface area (Å²) in [4.78, 5) is 11.8. The van der Waals surface area contributed by atoms with Gasteiger partial charge in [0.1, 0.15) is 0 Å². The van der Waals surface area contributed by atoms with Gasteiger partial charge in [0.2, 0.25) is 0 Å². The fourth-order valence-electron chi connectivity index (χ4n) is 2.14. The number of fused-ring (bicyclic) bond motifs is 2. The Morgan fingerprint density at radius 3 is 1.58 bits per heavy atom. The summed E-state index contributed by atoms with van der Waals surface area (Å²) in [5.41, 5.74) is 4.00. The molecule has 3 rings (SSSR count). The fourth-order valence-corrected chi connectivity index (χ4v) is 2.14. The van der Waals surface area contributed by atoms with Crippen LogP contribution in [0.4, 0.5) is 0 Å². The van der Waals surface area contributed by atoms with Gasteiger partial charge in [0.25, 0.3) is 0 Å². The van der Waals surface area contributed by atoms with Crippen LogP contribution >= 0.6 is 59.9 Å². The van der Waals surface area contributed by atoms with Crippen LogP contribution < -0.4 is 0 Å². The Balaban J connectivity index is 0.000000297. The van der Waals surface area contributed by atoms with E-state index in [4.69, 9.17) is 0 Å². The Hall–Kier alpha value is 0.884. The minimum absolute atomic E-state index is 0.160. The van der Waals surface area contributed by atoms with E-state index in [-0.39, 0.29) is 10.7 Å². The number of carbonyl (C=O) groups is 1. The van der Waals surface area contributed by atoms with Gasteiger partial charge in [-0.15, -0.1) is 0 Å². The number of ketones is 1. The molecule has 1 nitrogen and oxygen atoms in total. The van der Waals surface area contributed by atoms with Gasteiger partial charge >= 0.3 is 64.9 Å². The average molecular weight is 626 g/mol. The maximum atomic E-state index is 12.1. The van der Waals surface area contributed by atoms with E-state index in [0.717, 1.165) is 28.7 Å². The van der Waals surface area contributed by atoms with Crippen molar-refractivity contribution in [3.05, 3.63) is 70.8 Å². The van der Waals surface area contributed by atoms with E-state index < -0.39 is 0 Å². The van der Waals surface area contributed by atoms with Gasteiger partial charge < -0.3 is 0 Å². The first-order chi connectivity index (χ1) is 9.09. The molecule has 1 aliphatic rings. The molecule has 0 atom stereocenters. The first-order valence-corrected chi connectivity index (χ1v) is 19.1. The zero-order valence-electron chi connectivity index (χ0n) is 9.82. The van der Waals surface area contributed by atoms with Crippen molar-refractivity contribution in [2.45, 2.75) is 6.42 Å². The molecule has 0 radical (unpaired) electrons. The van der Waals surface area contributed by atoms with Crippen LogP contribution in [0.1, 0.15) is 27.0 Å². The number of hydrogen-bond acceptors (Lipinski definition) is 1. The van der Waals surface area contributed by atoms with Gasteiger partial charge in [0.15, 0.2) is 5.78 Å². The molecule has 0 aliphatic heterocycles. The van der Waals surface area contributed by atoms with Crippen molar-refractivity contribution < 1.29 is 9.72 Å². The Bertz CT molecular complexity index is 548. The third-order valence-electron chi connectivity index (χ3n) is 2.90. The van der Waals surface area contributed by atoms with Crippen LogP contribution in [0.3, 0.4) is 0 Å². The van der Waals surface area contributed by atoms with Gasteiger partial charge in [-0.2, -0.15) is 0 Å². The monoisotopic (exact) mass is 626 g/mol. The quantitative estimate of drug-likeness (QED) is 0.303. The Kier molecular flexibility index (Phi) is 6.65. The second-order valence-corrected chi connectivity index (χ2v) is 39.4. The van der Waals surface area contributed by atoms with Crippen molar-refractivity contribution in [3.63, 3.8) is 0 Å². The summed E-state index contributed by atoms with van der Waals surface area (Å²) in [6, 6.07) is 15.7. The number of benzene rings is 2. The molecule has 0 saturated carbocycles. The molecule has 0 heterocycles. The summed E-state index contributed by atoms with van der Waals surface area (Å²) < 4.78 is 0. The molecular weight excluding hydrogens is 616 g/mol. The van der Waals surface area contributed by atoms with E-state index in [0.29, 0.717) is 0 Å². The van der Waals surface area contributed by atoms with Gasteiger partial charge in [-0.3, -0.25) is 4.79 Å². The predicted molar refractivity (Wildman–Crippen MR) is 101 cm³/mol. The second-order valence-electron chi connectivity index (χ2n) is 4.01. The van der Waals surface area contributed by atoms with Crippen LogP contribution in [0.15, 0.2) is 48.5 Å². The first-order valence-electron chi connectivity index (χ1n) is 5.57. The normalized spacial score (nSPS) is 12.3. The number of hydrogen-bond donors (Lipinski definition) is 0. The molecular formula is C14H10I3OV. The summed E-state index contributed by atoms with van der Waals surface area (Å²) in [5, 5.41) is 0. The molecule has 0 N–H and O–H groups in total. The van der Waals surface area contributed by atoms with Crippen LogP contribution in [-0.4, -0.2) is 5.78 Å². The molecule has 0 bridgehead atoms. The van der Waals surface area contributed by atoms with E-state index >= 15 is 0 Å². The van der Waals surface area contributed by atoms with Crippen LogP contribution in [-0.2, 0) is 11.3 Å². The zero-order chi connectivity index (χ0) is 13.8.